The van der Waals surface area contributed by atoms with E-state index in [9.17, 15) is 4.79 Å². The van der Waals surface area contributed by atoms with Crippen LogP contribution in [-0.4, -0.2) is 15.8 Å². The standard InChI is InChI=1S/C73H50N4O/c78-70-58-46-41-51(49-37-42-56(43-38-49)76-65-33-17-13-29-61(65)72(52-21-5-1-6-22-52,53-23-7-2-8-24-53)62-30-14-18-34-66(62)76)47-59(58)60-48-74-71(75-69(60)70)50-39-44-57(45-40-50)77-67-35-19-15-31-63(67)73(54-25-9-3-10-26-54,55-27-11-4-12-28-55)64-32-16-20-36-68(64)77/h1-48,58-59H. The molecule has 368 valence electrons. The van der Waals surface area contributed by atoms with Gasteiger partial charge in [0.2, 0.25) is 0 Å². The Bertz CT molecular complexity index is 3990. The first-order chi connectivity index (χ1) is 38.6. The minimum atomic E-state index is -0.542. The third-order valence-corrected chi connectivity index (χ3v) is 16.8. The quantitative estimate of drug-likeness (QED) is 0.152. The molecule has 0 fully saturated rings. The maximum atomic E-state index is 14.3. The second-order valence-corrected chi connectivity index (χ2v) is 20.7. The number of carbonyl (C=O) groups is 1. The summed E-state index contributed by atoms with van der Waals surface area (Å²) in [5.74, 6) is 0.0763. The van der Waals surface area contributed by atoms with Crippen molar-refractivity contribution in [1.29, 1.82) is 0 Å². The lowest BCUT2D eigenvalue weighted by Gasteiger charge is -2.46. The third-order valence-electron chi connectivity index (χ3n) is 16.8. The lowest BCUT2D eigenvalue weighted by atomic mass is 9.62. The second kappa shape index (κ2) is 18.1. The zero-order valence-corrected chi connectivity index (χ0v) is 42.6. The second-order valence-electron chi connectivity index (χ2n) is 20.7. The monoisotopic (exact) mass is 998 g/mol. The predicted molar refractivity (Wildman–Crippen MR) is 315 cm³/mol. The number of anilines is 6. The lowest BCUT2D eigenvalue weighted by molar-refractivity contribution is 0.0951. The molecule has 4 aliphatic rings. The first-order valence-electron chi connectivity index (χ1n) is 26.8. The van der Waals surface area contributed by atoms with Gasteiger partial charge in [0.25, 0.3) is 0 Å². The molecule has 2 aliphatic heterocycles. The Morgan fingerprint density at radius 1 is 0.372 bits per heavy atom. The van der Waals surface area contributed by atoms with Gasteiger partial charge in [-0.3, -0.25) is 4.79 Å². The first-order valence-corrected chi connectivity index (χ1v) is 26.8. The van der Waals surface area contributed by atoms with Crippen molar-refractivity contribution in [2.45, 2.75) is 16.7 Å². The fourth-order valence-corrected chi connectivity index (χ4v) is 13.5. The Kier molecular flexibility index (Phi) is 10.5. The van der Waals surface area contributed by atoms with Crippen molar-refractivity contribution in [3.05, 3.63) is 353 Å². The van der Waals surface area contributed by atoms with Crippen LogP contribution in [0.4, 0.5) is 34.1 Å². The first kappa shape index (κ1) is 45.4. The van der Waals surface area contributed by atoms with Crippen LogP contribution in [0.1, 0.15) is 72.0 Å². The molecule has 0 saturated carbocycles. The molecule has 0 amide bonds. The van der Waals surface area contributed by atoms with Gasteiger partial charge in [0.15, 0.2) is 11.6 Å². The number of allylic oxidation sites excluding steroid dienone is 4. The molecule has 2 atom stereocenters. The zero-order valence-electron chi connectivity index (χ0n) is 42.6. The van der Waals surface area contributed by atoms with E-state index in [1.54, 1.807) is 0 Å². The number of fused-ring (bicyclic) bond motifs is 7. The Labute approximate surface area is 454 Å². The van der Waals surface area contributed by atoms with Crippen LogP contribution in [0, 0.1) is 5.92 Å². The molecule has 5 heteroatoms. The average molecular weight is 999 g/mol. The highest BCUT2D eigenvalue weighted by Crippen LogP contribution is 2.59. The van der Waals surface area contributed by atoms with E-state index in [1.165, 1.54) is 44.5 Å². The van der Waals surface area contributed by atoms with Gasteiger partial charge >= 0.3 is 0 Å². The van der Waals surface area contributed by atoms with Crippen LogP contribution in [0.5, 0.6) is 0 Å². The normalized spacial score (nSPS) is 16.9. The van der Waals surface area contributed by atoms with Gasteiger partial charge in [-0.25, -0.2) is 9.97 Å². The van der Waals surface area contributed by atoms with Crippen LogP contribution < -0.4 is 9.80 Å². The van der Waals surface area contributed by atoms with Gasteiger partial charge in [-0.2, -0.15) is 0 Å². The van der Waals surface area contributed by atoms with Crippen molar-refractivity contribution >= 4 is 45.5 Å². The number of hydrogen-bond acceptors (Lipinski definition) is 5. The molecule has 15 rings (SSSR count). The lowest BCUT2D eigenvalue weighted by Crippen LogP contribution is -2.37. The molecule has 0 saturated heterocycles. The highest BCUT2D eigenvalue weighted by atomic mass is 16.1. The van der Waals surface area contributed by atoms with E-state index in [-0.39, 0.29) is 17.6 Å². The SMILES string of the molecule is O=C1c2nc(-c3ccc(N4c5ccccc5C(c5ccccc5)(c5ccccc5)c5ccccc54)cc3)ncc2C2C=C(c3ccc(N4c5ccccc5C(c5ccccc5)(c5ccccc5)c5ccccc54)cc3)C=CC12. The summed E-state index contributed by atoms with van der Waals surface area (Å²) in [7, 11) is 0. The third kappa shape index (κ3) is 6.71. The predicted octanol–water partition coefficient (Wildman–Crippen LogP) is 17.0. The van der Waals surface area contributed by atoms with Crippen LogP contribution >= 0.6 is 0 Å². The van der Waals surface area contributed by atoms with Crippen LogP contribution in [0.2, 0.25) is 0 Å². The fourth-order valence-electron chi connectivity index (χ4n) is 13.5. The van der Waals surface area contributed by atoms with Crippen LogP contribution in [0.3, 0.4) is 0 Å². The van der Waals surface area contributed by atoms with Gasteiger partial charge in [-0.15, -0.1) is 0 Å². The summed E-state index contributed by atoms with van der Waals surface area (Å²) in [6.45, 7) is 0. The zero-order chi connectivity index (χ0) is 51.8. The van der Waals surface area contributed by atoms with Gasteiger partial charge < -0.3 is 9.80 Å². The molecule has 10 aromatic carbocycles. The molecule has 0 spiro atoms. The van der Waals surface area contributed by atoms with Crippen molar-refractivity contribution < 1.29 is 4.79 Å². The summed E-state index contributed by atoms with van der Waals surface area (Å²) in [4.78, 5) is 29.0. The minimum Gasteiger partial charge on any atom is -0.310 e. The number of para-hydroxylation sites is 4. The van der Waals surface area contributed by atoms with Crippen LogP contribution in [0.15, 0.2) is 291 Å². The molecular formula is C73H50N4O. The molecule has 5 nitrogen and oxygen atoms in total. The van der Waals surface area contributed by atoms with Crippen LogP contribution in [-0.2, 0) is 10.8 Å². The highest BCUT2D eigenvalue weighted by molar-refractivity contribution is 6.04. The highest BCUT2D eigenvalue weighted by Gasteiger charge is 2.48. The van der Waals surface area contributed by atoms with Crippen molar-refractivity contribution in [3.63, 3.8) is 0 Å². The Morgan fingerprint density at radius 3 is 1.13 bits per heavy atom. The van der Waals surface area contributed by atoms with Crippen molar-refractivity contribution in [1.82, 2.24) is 9.97 Å². The molecule has 2 aliphatic carbocycles. The van der Waals surface area contributed by atoms with Gasteiger partial charge in [0.1, 0.15) is 5.69 Å². The topological polar surface area (TPSA) is 49.3 Å². The summed E-state index contributed by atoms with van der Waals surface area (Å²) in [6, 6.07) is 96.1. The summed E-state index contributed by atoms with van der Waals surface area (Å²) in [6.07, 6.45) is 8.28. The number of ketones is 1. The van der Waals surface area contributed by atoms with E-state index in [4.69, 9.17) is 9.97 Å². The van der Waals surface area contributed by atoms with Gasteiger partial charge in [0.05, 0.1) is 39.5 Å². The molecule has 3 heterocycles. The van der Waals surface area contributed by atoms with E-state index in [2.05, 4.69) is 295 Å². The fraction of sp³-hybridized carbons (Fsp3) is 0.0548. The van der Waals surface area contributed by atoms with Gasteiger partial charge in [0, 0.05) is 34.6 Å². The molecule has 1 aromatic heterocycles. The summed E-state index contributed by atoms with van der Waals surface area (Å²) in [5, 5.41) is 0. The summed E-state index contributed by atoms with van der Waals surface area (Å²) >= 11 is 0. The maximum Gasteiger partial charge on any atom is 0.189 e. The molecule has 11 aromatic rings. The number of aromatic nitrogens is 2. The molecular weight excluding hydrogens is 949 g/mol. The number of rotatable bonds is 8. The summed E-state index contributed by atoms with van der Waals surface area (Å²) in [5.41, 5.74) is 19.6. The van der Waals surface area contributed by atoms with Crippen molar-refractivity contribution in [3.8, 4) is 11.4 Å². The number of carbonyl (C=O) groups excluding carboxylic acids is 1. The van der Waals surface area contributed by atoms with E-state index in [0.29, 0.717) is 11.5 Å². The van der Waals surface area contributed by atoms with E-state index >= 15 is 0 Å². The van der Waals surface area contributed by atoms with Gasteiger partial charge in [-0.1, -0.05) is 224 Å². The van der Waals surface area contributed by atoms with E-state index < -0.39 is 10.8 Å². The Morgan fingerprint density at radius 2 is 0.731 bits per heavy atom. The molecule has 78 heavy (non-hydrogen) atoms. The average Bonchev–Trinajstić information content (AvgIpc) is 3.72. The molecule has 0 bridgehead atoms. The maximum absolute atomic E-state index is 14.3. The molecule has 0 N–H and O–H groups in total. The smallest absolute Gasteiger partial charge is 0.189 e. The van der Waals surface area contributed by atoms with Crippen molar-refractivity contribution in [2.24, 2.45) is 5.92 Å². The molecule has 2 unspecified atom stereocenters. The van der Waals surface area contributed by atoms with E-state index in [1.807, 2.05) is 6.20 Å². The largest absolute Gasteiger partial charge is 0.310 e. The Balaban J connectivity index is 0.738. The Hall–Kier alpha value is -9.97. The number of hydrogen-bond donors (Lipinski definition) is 0. The summed E-state index contributed by atoms with van der Waals surface area (Å²) < 4.78 is 0. The van der Waals surface area contributed by atoms with Gasteiger partial charge in [-0.05, 0) is 116 Å². The van der Waals surface area contributed by atoms with Crippen LogP contribution in [0.25, 0.3) is 17.0 Å². The number of nitrogens with zero attached hydrogens (tertiary/aromatic N) is 4. The number of benzene rings is 10. The molecule has 0 radical (unpaired) electrons. The van der Waals surface area contributed by atoms with Crippen molar-refractivity contribution in [2.75, 3.05) is 9.80 Å². The number of Topliss-reactive ketones (excluding diaryl/α,β-unsaturated/α-hetero) is 1. The van der Waals surface area contributed by atoms with E-state index in [0.717, 1.165) is 56.4 Å². The minimum absolute atomic E-state index is 0.0310.